The highest BCUT2D eigenvalue weighted by atomic mass is 32.2. The maximum atomic E-state index is 10.9. The van der Waals surface area contributed by atoms with Crippen molar-refractivity contribution in [3.8, 4) is 0 Å². The fourth-order valence-electron chi connectivity index (χ4n) is 2.20. The smallest absolute Gasteiger partial charge is 0.270 e. The van der Waals surface area contributed by atoms with Gasteiger partial charge in [0.2, 0.25) is 0 Å². The van der Waals surface area contributed by atoms with Crippen molar-refractivity contribution >= 4 is 34.5 Å². The predicted molar refractivity (Wildman–Crippen MR) is 78.4 cm³/mol. The Bertz CT molecular complexity index is 715. The first kappa shape index (κ1) is 13.4. The number of hydrogen-bond acceptors (Lipinski definition) is 6. The molecule has 7 nitrogen and oxygen atoms in total. The standard InChI is InChI=1S/C13H9N3O4S/c1-14-10-4-2-8(15(17)18)6-12(10)21-13-7-9(16(19)20)3-5-11(13)14/h2-7H,1H3. The second kappa shape index (κ2) is 4.74. The first-order valence-electron chi connectivity index (χ1n) is 5.96. The van der Waals surface area contributed by atoms with Crippen molar-refractivity contribution in [2.45, 2.75) is 9.79 Å². The summed E-state index contributed by atoms with van der Waals surface area (Å²) in [5.74, 6) is 0. The molecule has 106 valence electrons. The van der Waals surface area contributed by atoms with Gasteiger partial charge < -0.3 is 4.90 Å². The molecule has 0 fully saturated rings. The van der Waals surface area contributed by atoms with Gasteiger partial charge in [0.05, 0.1) is 21.2 Å². The number of hydrogen-bond donors (Lipinski definition) is 0. The molecule has 0 unspecified atom stereocenters. The van der Waals surface area contributed by atoms with Crippen LogP contribution in [0.15, 0.2) is 46.2 Å². The summed E-state index contributed by atoms with van der Waals surface area (Å²) in [5.41, 5.74) is 1.69. The van der Waals surface area contributed by atoms with Gasteiger partial charge in [-0.05, 0) is 12.1 Å². The van der Waals surface area contributed by atoms with Crippen LogP contribution in [0.3, 0.4) is 0 Å². The quantitative estimate of drug-likeness (QED) is 0.620. The average Bonchev–Trinajstić information content (AvgIpc) is 2.46. The van der Waals surface area contributed by atoms with Crippen LogP contribution >= 0.6 is 11.8 Å². The monoisotopic (exact) mass is 303 g/mol. The molecule has 3 rings (SSSR count). The van der Waals surface area contributed by atoms with Gasteiger partial charge in [-0.1, -0.05) is 11.8 Å². The number of fused-ring (bicyclic) bond motifs is 2. The molecule has 0 amide bonds. The maximum Gasteiger partial charge on any atom is 0.270 e. The molecule has 8 heteroatoms. The number of benzene rings is 2. The van der Waals surface area contributed by atoms with E-state index in [1.54, 1.807) is 12.1 Å². The Morgan fingerprint density at radius 1 is 0.905 bits per heavy atom. The Balaban J connectivity index is 2.10. The second-order valence-electron chi connectivity index (χ2n) is 4.48. The molecular weight excluding hydrogens is 294 g/mol. The summed E-state index contributed by atoms with van der Waals surface area (Å²) in [6, 6.07) is 9.24. The number of nitro benzene ring substituents is 2. The van der Waals surface area contributed by atoms with E-state index < -0.39 is 9.85 Å². The second-order valence-corrected chi connectivity index (χ2v) is 5.56. The van der Waals surface area contributed by atoms with E-state index in [0.717, 1.165) is 11.4 Å². The molecule has 0 saturated heterocycles. The van der Waals surface area contributed by atoms with Gasteiger partial charge in [-0.3, -0.25) is 20.2 Å². The van der Waals surface area contributed by atoms with Crippen molar-refractivity contribution in [3.05, 3.63) is 56.6 Å². The molecule has 0 saturated carbocycles. The summed E-state index contributed by atoms with van der Waals surface area (Å²) in [7, 11) is 1.83. The van der Waals surface area contributed by atoms with Gasteiger partial charge in [0, 0.05) is 41.1 Å². The first-order chi connectivity index (χ1) is 9.97. The van der Waals surface area contributed by atoms with Gasteiger partial charge >= 0.3 is 0 Å². The Labute approximate surface area is 123 Å². The zero-order valence-corrected chi connectivity index (χ0v) is 11.7. The summed E-state index contributed by atoms with van der Waals surface area (Å²) in [4.78, 5) is 24.1. The van der Waals surface area contributed by atoms with Crippen molar-refractivity contribution in [2.24, 2.45) is 0 Å². The SMILES string of the molecule is CN1c2ccc([N+](=O)[O-])cc2Sc2cc([N+](=O)[O-])ccc21. The fraction of sp³-hybridized carbons (Fsp3) is 0.0769. The third-order valence-electron chi connectivity index (χ3n) is 3.25. The molecule has 1 aliphatic rings. The van der Waals surface area contributed by atoms with Gasteiger partial charge in [-0.2, -0.15) is 0 Å². The lowest BCUT2D eigenvalue weighted by Gasteiger charge is -2.28. The minimum absolute atomic E-state index is 0.00327. The van der Waals surface area contributed by atoms with E-state index in [0.29, 0.717) is 9.79 Å². The Hall–Kier alpha value is -2.61. The predicted octanol–water partition coefficient (Wildman–Crippen LogP) is 3.74. The maximum absolute atomic E-state index is 10.9. The van der Waals surface area contributed by atoms with Crippen molar-refractivity contribution < 1.29 is 9.85 Å². The molecule has 1 heterocycles. The lowest BCUT2D eigenvalue weighted by Crippen LogP contribution is -2.14. The highest BCUT2D eigenvalue weighted by molar-refractivity contribution is 7.99. The van der Waals surface area contributed by atoms with Crippen LogP contribution in [0.1, 0.15) is 0 Å². The Morgan fingerprint density at radius 2 is 1.33 bits per heavy atom. The van der Waals surface area contributed by atoms with E-state index in [4.69, 9.17) is 0 Å². The molecule has 0 radical (unpaired) electrons. The normalized spacial score (nSPS) is 12.5. The highest BCUT2D eigenvalue weighted by Gasteiger charge is 2.24. The van der Waals surface area contributed by atoms with Crippen molar-refractivity contribution in [3.63, 3.8) is 0 Å². The zero-order chi connectivity index (χ0) is 15.1. The summed E-state index contributed by atoms with van der Waals surface area (Å²) in [6.45, 7) is 0. The van der Waals surface area contributed by atoms with Crippen LogP contribution in [0.2, 0.25) is 0 Å². The summed E-state index contributed by atoms with van der Waals surface area (Å²) in [5, 5.41) is 21.7. The van der Waals surface area contributed by atoms with Crippen LogP contribution in [-0.2, 0) is 0 Å². The molecule has 0 aromatic heterocycles. The van der Waals surface area contributed by atoms with Crippen LogP contribution in [0.25, 0.3) is 0 Å². The van der Waals surface area contributed by atoms with E-state index in [-0.39, 0.29) is 11.4 Å². The van der Waals surface area contributed by atoms with Crippen molar-refractivity contribution in [1.82, 2.24) is 0 Å². The summed E-state index contributed by atoms with van der Waals surface area (Å²) < 4.78 is 0. The highest BCUT2D eigenvalue weighted by Crippen LogP contribution is 2.49. The van der Waals surface area contributed by atoms with E-state index in [9.17, 15) is 20.2 Å². The number of rotatable bonds is 2. The van der Waals surface area contributed by atoms with Gasteiger partial charge in [-0.25, -0.2) is 0 Å². The van der Waals surface area contributed by atoms with E-state index in [1.807, 2.05) is 11.9 Å². The third kappa shape index (κ3) is 2.19. The zero-order valence-electron chi connectivity index (χ0n) is 10.8. The number of nitrogens with zero attached hydrogens (tertiary/aromatic N) is 3. The molecule has 21 heavy (non-hydrogen) atoms. The van der Waals surface area contributed by atoms with Crippen molar-refractivity contribution in [1.29, 1.82) is 0 Å². The van der Waals surface area contributed by atoms with Crippen molar-refractivity contribution in [2.75, 3.05) is 11.9 Å². The Kier molecular flexibility index (Phi) is 3.02. The minimum Gasteiger partial charge on any atom is -0.343 e. The van der Waals surface area contributed by atoms with Crippen LogP contribution in [-0.4, -0.2) is 16.9 Å². The third-order valence-corrected chi connectivity index (χ3v) is 4.34. The average molecular weight is 303 g/mol. The Morgan fingerprint density at radius 3 is 1.71 bits per heavy atom. The molecule has 0 bridgehead atoms. The van der Waals surface area contributed by atoms with Crippen LogP contribution in [0.5, 0.6) is 0 Å². The van der Waals surface area contributed by atoms with E-state index >= 15 is 0 Å². The minimum atomic E-state index is -0.455. The molecule has 2 aromatic rings. The van der Waals surface area contributed by atoms with Gasteiger partial charge in [0.25, 0.3) is 11.4 Å². The molecule has 2 aromatic carbocycles. The summed E-state index contributed by atoms with van der Waals surface area (Å²) in [6.07, 6.45) is 0. The van der Waals surface area contributed by atoms with Crippen LogP contribution in [0, 0.1) is 20.2 Å². The molecule has 1 aliphatic heterocycles. The molecule has 0 atom stereocenters. The molecule has 0 N–H and O–H groups in total. The van der Waals surface area contributed by atoms with Gasteiger partial charge in [-0.15, -0.1) is 0 Å². The first-order valence-corrected chi connectivity index (χ1v) is 6.77. The largest absolute Gasteiger partial charge is 0.343 e. The van der Waals surface area contributed by atoms with Crippen LogP contribution < -0.4 is 4.90 Å². The van der Waals surface area contributed by atoms with Crippen LogP contribution in [0.4, 0.5) is 22.7 Å². The molecular formula is C13H9N3O4S. The van der Waals surface area contributed by atoms with Gasteiger partial charge in [0.1, 0.15) is 0 Å². The van der Waals surface area contributed by atoms with E-state index in [1.165, 1.54) is 36.0 Å². The summed E-state index contributed by atoms with van der Waals surface area (Å²) >= 11 is 1.30. The molecule has 0 spiro atoms. The fourth-order valence-corrected chi connectivity index (χ4v) is 3.41. The lowest BCUT2D eigenvalue weighted by molar-refractivity contribution is -0.385. The van der Waals surface area contributed by atoms with Gasteiger partial charge in [0.15, 0.2) is 0 Å². The van der Waals surface area contributed by atoms with E-state index in [2.05, 4.69) is 0 Å². The molecule has 0 aliphatic carbocycles. The number of non-ortho nitro benzene ring substituents is 2. The number of nitro groups is 2. The lowest BCUT2D eigenvalue weighted by atomic mass is 10.2. The number of anilines is 2. The topological polar surface area (TPSA) is 89.5 Å².